The molecule has 21 heavy (non-hydrogen) atoms. The lowest BCUT2D eigenvalue weighted by Crippen LogP contribution is -2.53. The fourth-order valence-corrected chi connectivity index (χ4v) is 3.07. The van der Waals surface area contributed by atoms with E-state index in [9.17, 15) is 19.8 Å². The second kappa shape index (κ2) is 5.06. The van der Waals surface area contributed by atoms with Gasteiger partial charge in [-0.15, -0.1) is 0 Å². The van der Waals surface area contributed by atoms with Crippen LogP contribution in [0.2, 0.25) is 0 Å². The third-order valence-electron chi connectivity index (χ3n) is 4.22. The fourth-order valence-electron chi connectivity index (χ4n) is 3.07. The van der Waals surface area contributed by atoms with Crippen LogP contribution in [0.3, 0.4) is 0 Å². The average molecular weight is 298 g/mol. The van der Waals surface area contributed by atoms with E-state index in [0.717, 1.165) is 0 Å². The minimum absolute atomic E-state index is 0.352. The molecule has 2 fully saturated rings. The molecule has 0 amide bonds. The Kier molecular flexibility index (Phi) is 3.48. The highest BCUT2D eigenvalue weighted by molar-refractivity contribution is 5.08. The van der Waals surface area contributed by atoms with Gasteiger partial charge in [0.25, 0.3) is 5.56 Å². The number of nitrogens with zero attached hydrogens (tertiary/aromatic N) is 1. The first kappa shape index (κ1) is 14.5. The number of aromatic amines is 1. The molecule has 0 spiro atoms. The molecule has 3 rings (SSSR count). The van der Waals surface area contributed by atoms with Crippen molar-refractivity contribution in [2.45, 2.75) is 43.8 Å². The van der Waals surface area contributed by atoms with Crippen molar-refractivity contribution in [2.24, 2.45) is 0 Å². The first-order valence-corrected chi connectivity index (χ1v) is 6.90. The lowest BCUT2D eigenvalue weighted by molar-refractivity contribution is -0.146. The van der Waals surface area contributed by atoms with Gasteiger partial charge in [-0.05, 0) is 19.8 Å². The fraction of sp³-hybridized carbons (Fsp3) is 0.692. The van der Waals surface area contributed by atoms with Gasteiger partial charge >= 0.3 is 5.69 Å². The third kappa shape index (κ3) is 2.15. The Morgan fingerprint density at radius 2 is 2.29 bits per heavy atom. The van der Waals surface area contributed by atoms with Crippen molar-refractivity contribution in [3.63, 3.8) is 0 Å². The van der Waals surface area contributed by atoms with Gasteiger partial charge in [-0.2, -0.15) is 0 Å². The Labute approximate surface area is 119 Å². The number of H-pyrrole nitrogens is 1. The summed E-state index contributed by atoms with van der Waals surface area (Å²) in [5.74, 6) is 0. The van der Waals surface area contributed by atoms with Crippen molar-refractivity contribution in [3.8, 4) is 0 Å². The van der Waals surface area contributed by atoms with Crippen molar-refractivity contribution in [2.75, 3.05) is 13.2 Å². The SMILES string of the molecule is Cc1cn([C@@H]2O[C@H](CO)[C@]3(O)CCCO[C@@H]23)c(=O)[nH]c1=O. The van der Waals surface area contributed by atoms with Gasteiger partial charge < -0.3 is 19.7 Å². The number of hydrogen-bond acceptors (Lipinski definition) is 6. The van der Waals surface area contributed by atoms with E-state index in [2.05, 4.69) is 4.98 Å². The van der Waals surface area contributed by atoms with Crippen LogP contribution in [0.25, 0.3) is 0 Å². The maximum Gasteiger partial charge on any atom is 0.330 e. The Balaban J connectivity index is 2.05. The quantitative estimate of drug-likeness (QED) is 0.622. The van der Waals surface area contributed by atoms with Crippen molar-refractivity contribution in [1.29, 1.82) is 0 Å². The van der Waals surface area contributed by atoms with E-state index in [4.69, 9.17) is 9.47 Å². The molecule has 0 aliphatic carbocycles. The predicted octanol–water partition coefficient (Wildman–Crippen LogP) is -1.36. The zero-order valence-corrected chi connectivity index (χ0v) is 11.6. The van der Waals surface area contributed by atoms with Crippen molar-refractivity contribution >= 4 is 0 Å². The summed E-state index contributed by atoms with van der Waals surface area (Å²) in [4.78, 5) is 25.6. The van der Waals surface area contributed by atoms with Gasteiger partial charge in [0.2, 0.25) is 0 Å². The number of ether oxygens (including phenoxy) is 2. The summed E-state index contributed by atoms with van der Waals surface area (Å²) in [6.07, 6.45) is -0.00612. The summed E-state index contributed by atoms with van der Waals surface area (Å²) in [5, 5.41) is 20.1. The largest absolute Gasteiger partial charge is 0.394 e. The average Bonchev–Trinajstić information content (AvgIpc) is 2.75. The third-order valence-corrected chi connectivity index (χ3v) is 4.22. The summed E-state index contributed by atoms with van der Waals surface area (Å²) in [5.41, 5.74) is -2.08. The highest BCUT2D eigenvalue weighted by Gasteiger charge is 2.58. The summed E-state index contributed by atoms with van der Waals surface area (Å²) in [6.45, 7) is 1.65. The van der Waals surface area contributed by atoms with E-state index in [1.54, 1.807) is 6.92 Å². The van der Waals surface area contributed by atoms with E-state index in [1.165, 1.54) is 10.8 Å². The van der Waals surface area contributed by atoms with Crippen molar-refractivity contribution < 1.29 is 19.7 Å². The molecule has 116 valence electrons. The molecule has 2 aliphatic rings. The van der Waals surface area contributed by atoms with Crippen LogP contribution in [0, 0.1) is 6.92 Å². The molecule has 4 atom stereocenters. The number of aliphatic hydroxyl groups excluding tert-OH is 1. The van der Waals surface area contributed by atoms with Crippen molar-refractivity contribution in [1.82, 2.24) is 9.55 Å². The molecule has 8 nitrogen and oxygen atoms in total. The van der Waals surface area contributed by atoms with Crippen molar-refractivity contribution in [3.05, 3.63) is 32.6 Å². The minimum atomic E-state index is -1.33. The number of hydrogen-bond donors (Lipinski definition) is 3. The Morgan fingerprint density at radius 1 is 1.52 bits per heavy atom. The van der Waals surface area contributed by atoms with Crippen LogP contribution in [-0.4, -0.2) is 50.8 Å². The first-order valence-electron chi connectivity index (χ1n) is 6.90. The standard InChI is InChI=1S/C13H18N2O6/c1-7-5-15(12(18)14-10(7)17)11-9-13(19,3-2-4-20-9)8(6-16)21-11/h5,8-9,11,16,19H,2-4,6H2,1H3,(H,14,17,18)/t8-,9+,11-,13-/m1/s1. The molecule has 0 unspecified atom stereocenters. The smallest absolute Gasteiger partial charge is 0.330 e. The van der Waals surface area contributed by atoms with Gasteiger partial charge in [0, 0.05) is 18.4 Å². The summed E-state index contributed by atoms with van der Waals surface area (Å²) < 4.78 is 12.4. The van der Waals surface area contributed by atoms with Crippen LogP contribution in [0.5, 0.6) is 0 Å². The second-order valence-corrected chi connectivity index (χ2v) is 5.56. The van der Waals surface area contributed by atoms with Gasteiger partial charge in [0.05, 0.1) is 6.61 Å². The Hall–Kier alpha value is -1.48. The maximum atomic E-state index is 12.0. The lowest BCUT2D eigenvalue weighted by atomic mass is 9.85. The molecule has 3 heterocycles. The van der Waals surface area contributed by atoms with Gasteiger partial charge in [-0.25, -0.2) is 4.79 Å². The molecular weight excluding hydrogens is 280 g/mol. The summed E-state index contributed by atoms with van der Waals surface area (Å²) in [6, 6.07) is 0. The molecule has 2 aliphatic heterocycles. The predicted molar refractivity (Wildman–Crippen MR) is 71.0 cm³/mol. The molecule has 0 saturated carbocycles. The zero-order chi connectivity index (χ0) is 15.2. The Morgan fingerprint density at radius 3 is 3.00 bits per heavy atom. The van der Waals surface area contributed by atoms with Crippen LogP contribution < -0.4 is 11.2 Å². The highest BCUT2D eigenvalue weighted by atomic mass is 16.6. The first-order chi connectivity index (χ1) is 9.97. The number of nitrogens with one attached hydrogen (secondary N) is 1. The number of aromatic nitrogens is 2. The molecule has 2 saturated heterocycles. The van der Waals surface area contributed by atoms with Crippen LogP contribution in [0.1, 0.15) is 24.6 Å². The molecular formula is C13H18N2O6. The molecule has 8 heteroatoms. The molecule has 0 aromatic carbocycles. The topological polar surface area (TPSA) is 114 Å². The summed E-state index contributed by atoms with van der Waals surface area (Å²) >= 11 is 0. The van der Waals surface area contributed by atoms with E-state index in [-0.39, 0.29) is 6.61 Å². The normalized spacial score (nSPS) is 35.7. The number of aliphatic hydroxyl groups is 2. The van der Waals surface area contributed by atoms with E-state index < -0.39 is 35.3 Å². The van der Waals surface area contributed by atoms with E-state index >= 15 is 0 Å². The molecule has 0 radical (unpaired) electrons. The lowest BCUT2D eigenvalue weighted by Gasteiger charge is -2.36. The Bertz CT molecular complexity index is 653. The summed E-state index contributed by atoms with van der Waals surface area (Å²) in [7, 11) is 0. The number of rotatable bonds is 2. The second-order valence-electron chi connectivity index (χ2n) is 5.56. The van der Waals surface area contributed by atoms with Gasteiger partial charge in [-0.3, -0.25) is 14.3 Å². The van der Waals surface area contributed by atoms with Gasteiger partial charge in [-0.1, -0.05) is 0 Å². The molecule has 3 N–H and O–H groups in total. The minimum Gasteiger partial charge on any atom is -0.394 e. The number of fused-ring (bicyclic) bond motifs is 1. The molecule has 1 aromatic rings. The highest BCUT2D eigenvalue weighted by Crippen LogP contribution is 2.43. The number of aryl methyl sites for hydroxylation is 1. The van der Waals surface area contributed by atoms with Crippen LogP contribution in [0.15, 0.2) is 15.8 Å². The molecule has 0 bridgehead atoms. The van der Waals surface area contributed by atoms with Gasteiger partial charge in [0.15, 0.2) is 6.23 Å². The van der Waals surface area contributed by atoms with E-state index in [1.807, 2.05) is 0 Å². The monoisotopic (exact) mass is 298 g/mol. The van der Waals surface area contributed by atoms with E-state index in [0.29, 0.717) is 25.0 Å². The van der Waals surface area contributed by atoms with Gasteiger partial charge in [0.1, 0.15) is 17.8 Å². The van der Waals surface area contributed by atoms with Crippen LogP contribution in [0.4, 0.5) is 0 Å². The maximum absolute atomic E-state index is 12.0. The van der Waals surface area contributed by atoms with Crippen LogP contribution in [-0.2, 0) is 9.47 Å². The zero-order valence-electron chi connectivity index (χ0n) is 11.6. The van der Waals surface area contributed by atoms with Crippen LogP contribution >= 0.6 is 0 Å². The molecule has 1 aromatic heterocycles.